The Labute approximate surface area is 121 Å². The van der Waals surface area contributed by atoms with Gasteiger partial charge in [-0.2, -0.15) is 0 Å². The number of nitrogens with zero attached hydrogens (tertiary/aromatic N) is 1. The number of halogens is 2. The summed E-state index contributed by atoms with van der Waals surface area (Å²) in [6.07, 6.45) is 1.21. The third kappa shape index (κ3) is 3.36. The van der Waals surface area contributed by atoms with Gasteiger partial charge in [0.05, 0.1) is 0 Å². The van der Waals surface area contributed by atoms with E-state index in [1.165, 1.54) is 6.07 Å². The largest absolute Gasteiger partial charge is 0.326 e. The lowest BCUT2D eigenvalue weighted by atomic mass is 9.84. The Hall–Kier alpha value is -1.00. The second kappa shape index (κ2) is 7.14. The SMILES string of the molecule is CCN(CC)C(C)(CC)C(N)Cc1cccc(F)c1F. The van der Waals surface area contributed by atoms with Gasteiger partial charge >= 0.3 is 0 Å². The Morgan fingerprint density at radius 3 is 2.30 bits per heavy atom. The molecule has 0 fully saturated rings. The van der Waals surface area contributed by atoms with Crippen molar-refractivity contribution in [3.63, 3.8) is 0 Å². The Morgan fingerprint density at radius 2 is 1.80 bits per heavy atom. The molecule has 1 aromatic carbocycles. The summed E-state index contributed by atoms with van der Waals surface area (Å²) in [4.78, 5) is 2.29. The summed E-state index contributed by atoms with van der Waals surface area (Å²) in [5.41, 5.74) is 6.47. The lowest BCUT2D eigenvalue weighted by molar-refractivity contribution is 0.0841. The van der Waals surface area contributed by atoms with Crippen molar-refractivity contribution in [2.24, 2.45) is 5.73 Å². The zero-order valence-corrected chi connectivity index (χ0v) is 12.9. The third-order valence-corrected chi connectivity index (χ3v) is 4.47. The van der Waals surface area contributed by atoms with Gasteiger partial charge < -0.3 is 5.73 Å². The van der Waals surface area contributed by atoms with Crippen molar-refractivity contribution in [2.45, 2.75) is 52.1 Å². The zero-order valence-electron chi connectivity index (χ0n) is 12.9. The van der Waals surface area contributed by atoms with Crippen molar-refractivity contribution in [3.05, 3.63) is 35.4 Å². The van der Waals surface area contributed by atoms with Gasteiger partial charge in [-0.25, -0.2) is 8.78 Å². The molecular weight excluding hydrogens is 258 g/mol. The molecule has 2 atom stereocenters. The Kier molecular flexibility index (Phi) is 6.08. The van der Waals surface area contributed by atoms with E-state index in [-0.39, 0.29) is 11.6 Å². The molecule has 0 aromatic heterocycles. The van der Waals surface area contributed by atoms with Crippen LogP contribution in [-0.2, 0) is 6.42 Å². The summed E-state index contributed by atoms with van der Waals surface area (Å²) in [6.45, 7) is 10.1. The number of benzene rings is 1. The fourth-order valence-electron chi connectivity index (χ4n) is 2.83. The van der Waals surface area contributed by atoms with E-state index in [0.717, 1.165) is 25.6 Å². The fourth-order valence-corrected chi connectivity index (χ4v) is 2.83. The lowest BCUT2D eigenvalue weighted by Crippen LogP contribution is -2.58. The van der Waals surface area contributed by atoms with Gasteiger partial charge in [0.25, 0.3) is 0 Å². The smallest absolute Gasteiger partial charge is 0.162 e. The average molecular weight is 284 g/mol. The van der Waals surface area contributed by atoms with Crippen LogP contribution in [0.4, 0.5) is 8.78 Å². The monoisotopic (exact) mass is 284 g/mol. The first-order chi connectivity index (χ1) is 9.40. The topological polar surface area (TPSA) is 29.3 Å². The Bertz CT molecular complexity index is 432. The highest BCUT2D eigenvalue weighted by molar-refractivity contribution is 5.21. The first-order valence-electron chi connectivity index (χ1n) is 7.34. The number of likely N-dealkylation sites (N-methyl/N-ethyl adjacent to an activating group) is 1. The van der Waals surface area contributed by atoms with Crippen LogP contribution in [0.5, 0.6) is 0 Å². The number of hydrogen-bond acceptors (Lipinski definition) is 2. The highest BCUT2D eigenvalue weighted by Gasteiger charge is 2.35. The normalized spacial score (nSPS) is 16.2. The van der Waals surface area contributed by atoms with Crippen LogP contribution in [0.2, 0.25) is 0 Å². The molecule has 4 heteroatoms. The quantitative estimate of drug-likeness (QED) is 0.832. The van der Waals surface area contributed by atoms with Crippen LogP contribution >= 0.6 is 0 Å². The second-order valence-corrected chi connectivity index (χ2v) is 5.41. The van der Waals surface area contributed by atoms with E-state index >= 15 is 0 Å². The second-order valence-electron chi connectivity index (χ2n) is 5.41. The van der Waals surface area contributed by atoms with Crippen molar-refractivity contribution in [1.82, 2.24) is 4.90 Å². The minimum absolute atomic E-state index is 0.220. The first-order valence-corrected chi connectivity index (χ1v) is 7.34. The number of rotatable bonds is 7. The molecule has 0 saturated carbocycles. The average Bonchev–Trinajstić information content (AvgIpc) is 2.44. The molecule has 20 heavy (non-hydrogen) atoms. The molecule has 0 amide bonds. The van der Waals surface area contributed by atoms with Gasteiger partial charge in [0.1, 0.15) is 0 Å². The van der Waals surface area contributed by atoms with Crippen molar-refractivity contribution in [1.29, 1.82) is 0 Å². The van der Waals surface area contributed by atoms with Gasteiger partial charge in [-0.05, 0) is 44.5 Å². The molecule has 1 aromatic rings. The van der Waals surface area contributed by atoms with Crippen molar-refractivity contribution >= 4 is 0 Å². The first kappa shape index (κ1) is 17.1. The molecule has 0 bridgehead atoms. The standard InChI is InChI=1S/C16H26F2N2/c1-5-16(4,20(6-2)7-3)14(19)11-12-9-8-10-13(17)15(12)18/h8-10,14H,5-7,11,19H2,1-4H3. The van der Waals surface area contributed by atoms with Crippen LogP contribution in [-0.4, -0.2) is 29.6 Å². The molecule has 0 aliphatic heterocycles. The maximum absolute atomic E-state index is 13.8. The third-order valence-electron chi connectivity index (χ3n) is 4.47. The Morgan fingerprint density at radius 1 is 1.20 bits per heavy atom. The van der Waals surface area contributed by atoms with E-state index in [2.05, 4.69) is 32.6 Å². The molecule has 0 spiro atoms. The molecule has 0 heterocycles. The number of nitrogens with two attached hydrogens (primary N) is 1. The summed E-state index contributed by atoms with van der Waals surface area (Å²) in [5, 5.41) is 0. The van der Waals surface area contributed by atoms with Crippen LogP contribution in [0.1, 0.15) is 39.7 Å². The molecule has 2 nitrogen and oxygen atoms in total. The van der Waals surface area contributed by atoms with Crippen molar-refractivity contribution < 1.29 is 8.78 Å². The fraction of sp³-hybridized carbons (Fsp3) is 0.625. The molecule has 0 radical (unpaired) electrons. The molecule has 0 saturated heterocycles. The molecule has 0 aliphatic rings. The summed E-state index contributed by atoms with van der Waals surface area (Å²) in [7, 11) is 0. The van der Waals surface area contributed by atoms with Gasteiger partial charge in [0.2, 0.25) is 0 Å². The molecule has 2 unspecified atom stereocenters. The highest BCUT2D eigenvalue weighted by atomic mass is 19.2. The summed E-state index contributed by atoms with van der Waals surface area (Å²) in [5.74, 6) is -1.59. The van der Waals surface area contributed by atoms with Crippen LogP contribution in [0, 0.1) is 11.6 Å². The molecule has 114 valence electrons. The van der Waals surface area contributed by atoms with Crippen molar-refractivity contribution in [2.75, 3.05) is 13.1 Å². The van der Waals surface area contributed by atoms with Crippen LogP contribution in [0.15, 0.2) is 18.2 Å². The summed E-state index contributed by atoms with van der Waals surface area (Å²) < 4.78 is 27.0. The Balaban J connectivity index is 2.97. The maximum Gasteiger partial charge on any atom is 0.162 e. The van der Waals surface area contributed by atoms with E-state index in [1.54, 1.807) is 6.07 Å². The summed E-state index contributed by atoms with van der Waals surface area (Å²) >= 11 is 0. The zero-order chi connectivity index (χ0) is 15.3. The predicted octanol–water partition coefficient (Wildman–Crippen LogP) is 3.35. The van der Waals surface area contributed by atoms with E-state index < -0.39 is 11.6 Å². The molecule has 0 aliphatic carbocycles. The van der Waals surface area contributed by atoms with E-state index in [1.807, 2.05) is 0 Å². The minimum atomic E-state index is -0.809. The van der Waals surface area contributed by atoms with Crippen molar-refractivity contribution in [3.8, 4) is 0 Å². The molecule has 1 rings (SSSR count). The van der Waals surface area contributed by atoms with E-state index in [9.17, 15) is 8.78 Å². The summed E-state index contributed by atoms with van der Waals surface area (Å²) in [6, 6.07) is 4.02. The van der Waals surface area contributed by atoms with Gasteiger partial charge in [-0.15, -0.1) is 0 Å². The molecular formula is C16H26F2N2. The van der Waals surface area contributed by atoms with Gasteiger partial charge in [-0.3, -0.25) is 4.90 Å². The van der Waals surface area contributed by atoms with E-state index in [4.69, 9.17) is 5.73 Å². The minimum Gasteiger partial charge on any atom is -0.326 e. The lowest BCUT2D eigenvalue weighted by Gasteiger charge is -2.44. The van der Waals surface area contributed by atoms with Crippen LogP contribution < -0.4 is 5.73 Å². The maximum atomic E-state index is 13.8. The predicted molar refractivity (Wildman–Crippen MR) is 79.7 cm³/mol. The van der Waals surface area contributed by atoms with Crippen LogP contribution in [0.3, 0.4) is 0 Å². The van der Waals surface area contributed by atoms with Gasteiger partial charge in [-0.1, -0.05) is 32.9 Å². The highest BCUT2D eigenvalue weighted by Crippen LogP contribution is 2.25. The number of hydrogen-bond donors (Lipinski definition) is 1. The van der Waals surface area contributed by atoms with Gasteiger partial charge in [0.15, 0.2) is 11.6 Å². The van der Waals surface area contributed by atoms with E-state index in [0.29, 0.717) is 12.0 Å². The van der Waals surface area contributed by atoms with Crippen LogP contribution in [0.25, 0.3) is 0 Å². The van der Waals surface area contributed by atoms with Gasteiger partial charge in [0, 0.05) is 11.6 Å². The molecule has 2 N–H and O–H groups in total.